The van der Waals surface area contributed by atoms with E-state index in [-0.39, 0.29) is 15.6 Å². The van der Waals surface area contributed by atoms with Crippen LogP contribution in [0.2, 0.25) is 5.02 Å². The van der Waals surface area contributed by atoms with E-state index >= 15 is 0 Å². The molecule has 0 atom stereocenters. The molecule has 1 aliphatic heterocycles. The zero-order valence-corrected chi connectivity index (χ0v) is 14.2. The molecule has 2 aromatic rings. The Morgan fingerprint density at radius 3 is 2.46 bits per heavy atom. The van der Waals surface area contributed by atoms with Crippen LogP contribution in [0.5, 0.6) is 0 Å². The molecule has 0 spiro atoms. The fourth-order valence-electron chi connectivity index (χ4n) is 2.68. The summed E-state index contributed by atoms with van der Waals surface area (Å²) < 4.78 is 27.6. The van der Waals surface area contributed by atoms with Crippen molar-refractivity contribution in [1.82, 2.24) is 19.1 Å². The molecule has 8 nitrogen and oxygen atoms in total. The summed E-state index contributed by atoms with van der Waals surface area (Å²) >= 11 is 6.14. The van der Waals surface area contributed by atoms with Gasteiger partial charge >= 0.3 is 5.69 Å². The van der Waals surface area contributed by atoms with Crippen molar-refractivity contribution in [2.24, 2.45) is 0 Å². The Labute approximate surface area is 142 Å². The van der Waals surface area contributed by atoms with E-state index in [1.807, 2.05) is 0 Å². The zero-order valence-electron chi connectivity index (χ0n) is 12.6. The predicted molar refractivity (Wildman–Crippen MR) is 88.1 cm³/mol. The molecule has 1 aliphatic rings. The van der Waals surface area contributed by atoms with Gasteiger partial charge in [-0.3, -0.25) is 4.79 Å². The average molecular weight is 371 g/mol. The summed E-state index contributed by atoms with van der Waals surface area (Å²) in [5, 5.41) is 5.51. The first-order chi connectivity index (χ1) is 11.4. The first kappa shape index (κ1) is 16.9. The number of hydrogen-bond acceptors (Lipinski definition) is 5. The van der Waals surface area contributed by atoms with Crippen LogP contribution in [-0.4, -0.2) is 40.6 Å². The molecule has 2 heterocycles. The molecule has 0 saturated carbocycles. The standard InChI is InChI=1S/C14H15ClN4O4S/c15-11-8-10(19-13(20)9-16-17-14(19)21)4-5-12(11)24(22,23)18-6-2-1-3-7-18/h4-5,8-9H,1-3,6-7H2,(H,17,21). The summed E-state index contributed by atoms with van der Waals surface area (Å²) in [6, 6.07) is 3.97. The van der Waals surface area contributed by atoms with Gasteiger partial charge in [0.1, 0.15) is 11.1 Å². The Bertz CT molecular complexity index is 949. The predicted octanol–water partition coefficient (Wildman–Crippen LogP) is 0.749. The van der Waals surface area contributed by atoms with Gasteiger partial charge in [0, 0.05) is 13.1 Å². The Morgan fingerprint density at radius 1 is 1.12 bits per heavy atom. The molecule has 1 saturated heterocycles. The van der Waals surface area contributed by atoms with E-state index < -0.39 is 21.3 Å². The van der Waals surface area contributed by atoms with Gasteiger partial charge in [0.2, 0.25) is 10.0 Å². The lowest BCUT2D eigenvalue weighted by Crippen LogP contribution is -2.36. The highest BCUT2D eigenvalue weighted by atomic mass is 35.5. The molecule has 0 amide bonds. The number of nitrogens with one attached hydrogen (secondary N) is 1. The number of piperidine rings is 1. The summed E-state index contributed by atoms with van der Waals surface area (Å²) in [6.45, 7) is 0.924. The van der Waals surface area contributed by atoms with Gasteiger partial charge in [-0.15, -0.1) is 0 Å². The molecule has 128 valence electrons. The molecule has 0 unspecified atom stereocenters. The number of hydrogen-bond donors (Lipinski definition) is 1. The quantitative estimate of drug-likeness (QED) is 0.858. The van der Waals surface area contributed by atoms with Crippen LogP contribution in [0.3, 0.4) is 0 Å². The maximum Gasteiger partial charge on any atom is 0.349 e. The smallest absolute Gasteiger partial charge is 0.267 e. The van der Waals surface area contributed by atoms with Gasteiger partial charge in [-0.1, -0.05) is 18.0 Å². The van der Waals surface area contributed by atoms with Crippen molar-refractivity contribution in [2.75, 3.05) is 13.1 Å². The summed E-state index contributed by atoms with van der Waals surface area (Å²) in [6.07, 6.45) is 3.59. The van der Waals surface area contributed by atoms with Crippen LogP contribution < -0.4 is 11.2 Å². The van der Waals surface area contributed by atoms with Crippen LogP contribution in [0.15, 0.2) is 38.9 Å². The molecular formula is C14H15ClN4O4S. The number of benzene rings is 1. The molecule has 24 heavy (non-hydrogen) atoms. The minimum Gasteiger partial charge on any atom is -0.267 e. The van der Waals surface area contributed by atoms with Crippen LogP contribution in [0, 0.1) is 0 Å². The number of H-pyrrole nitrogens is 1. The summed E-state index contributed by atoms with van der Waals surface area (Å²) in [7, 11) is -3.70. The summed E-state index contributed by atoms with van der Waals surface area (Å²) in [5.41, 5.74) is -1.20. The highest BCUT2D eigenvalue weighted by Gasteiger charge is 2.28. The SMILES string of the molecule is O=c1cn[nH]c(=O)n1-c1ccc(S(=O)(=O)N2CCCCC2)c(Cl)c1. The van der Waals surface area contributed by atoms with Gasteiger partial charge in [0.25, 0.3) is 5.56 Å². The topological polar surface area (TPSA) is 105 Å². The fraction of sp³-hybridized carbons (Fsp3) is 0.357. The van der Waals surface area contributed by atoms with E-state index in [2.05, 4.69) is 10.2 Å². The summed E-state index contributed by atoms with van der Waals surface area (Å²) in [4.78, 5) is 23.5. The van der Waals surface area contributed by atoms with Crippen molar-refractivity contribution in [3.8, 4) is 5.69 Å². The van der Waals surface area contributed by atoms with E-state index in [1.165, 1.54) is 22.5 Å². The molecule has 0 radical (unpaired) electrons. The minimum absolute atomic E-state index is 0.0339. The number of aromatic nitrogens is 3. The highest BCUT2D eigenvalue weighted by molar-refractivity contribution is 7.89. The van der Waals surface area contributed by atoms with Gasteiger partial charge in [-0.2, -0.15) is 9.40 Å². The Balaban J connectivity index is 2.05. The van der Waals surface area contributed by atoms with Gasteiger partial charge in [0.05, 0.1) is 10.7 Å². The third kappa shape index (κ3) is 3.02. The largest absolute Gasteiger partial charge is 0.349 e. The Morgan fingerprint density at radius 2 is 1.83 bits per heavy atom. The van der Waals surface area contributed by atoms with Crippen molar-refractivity contribution in [2.45, 2.75) is 24.2 Å². The average Bonchev–Trinajstić information content (AvgIpc) is 2.55. The second-order valence-corrected chi connectivity index (χ2v) is 7.74. The van der Waals surface area contributed by atoms with E-state index in [1.54, 1.807) is 0 Å². The monoisotopic (exact) mass is 370 g/mol. The van der Waals surface area contributed by atoms with Crippen LogP contribution in [0.4, 0.5) is 0 Å². The van der Waals surface area contributed by atoms with Crippen LogP contribution in [-0.2, 0) is 10.0 Å². The third-order valence-corrected chi connectivity index (χ3v) is 6.25. The lowest BCUT2D eigenvalue weighted by atomic mass is 10.2. The normalized spacial score (nSPS) is 16.2. The van der Waals surface area contributed by atoms with Crippen molar-refractivity contribution in [1.29, 1.82) is 0 Å². The zero-order chi connectivity index (χ0) is 17.3. The lowest BCUT2D eigenvalue weighted by Gasteiger charge is -2.26. The van der Waals surface area contributed by atoms with Gasteiger partial charge in [-0.05, 0) is 31.0 Å². The van der Waals surface area contributed by atoms with E-state index in [0.29, 0.717) is 13.1 Å². The van der Waals surface area contributed by atoms with Crippen molar-refractivity contribution in [3.63, 3.8) is 0 Å². The van der Waals surface area contributed by atoms with Crippen molar-refractivity contribution < 1.29 is 8.42 Å². The van der Waals surface area contributed by atoms with Crippen LogP contribution in [0.25, 0.3) is 5.69 Å². The van der Waals surface area contributed by atoms with Crippen molar-refractivity contribution >= 4 is 21.6 Å². The molecule has 1 aromatic carbocycles. The van der Waals surface area contributed by atoms with Gasteiger partial charge < -0.3 is 0 Å². The minimum atomic E-state index is -3.70. The first-order valence-corrected chi connectivity index (χ1v) is 9.20. The second-order valence-electron chi connectivity index (χ2n) is 5.43. The number of sulfonamides is 1. The molecule has 0 bridgehead atoms. The Hall–Kier alpha value is -1.97. The Kier molecular flexibility index (Phi) is 4.57. The number of halogens is 1. The van der Waals surface area contributed by atoms with Gasteiger partial charge in [-0.25, -0.2) is 22.9 Å². The van der Waals surface area contributed by atoms with Crippen molar-refractivity contribution in [3.05, 3.63) is 50.3 Å². The molecule has 1 N–H and O–H groups in total. The fourth-order valence-corrected chi connectivity index (χ4v) is 4.71. The molecule has 1 fully saturated rings. The number of aromatic amines is 1. The van der Waals surface area contributed by atoms with Crippen LogP contribution in [0.1, 0.15) is 19.3 Å². The first-order valence-electron chi connectivity index (χ1n) is 7.38. The molecule has 10 heteroatoms. The number of rotatable bonds is 3. The second kappa shape index (κ2) is 6.50. The lowest BCUT2D eigenvalue weighted by molar-refractivity contribution is 0.346. The van der Waals surface area contributed by atoms with E-state index in [9.17, 15) is 18.0 Å². The maximum atomic E-state index is 12.7. The highest BCUT2D eigenvalue weighted by Crippen LogP contribution is 2.28. The van der Waals surface area contributed by atoms with E-state index in [0.717, 1.165) is 30.0 Å². The summed E-state index contributed by atoms with van der Waals surface area (Å²) in [5.74, 6) is 0. The van der Waals surface area contributed by atoms with Crippen LogP contribution >= 0.6 is 11.6 Å². The third-order valence-electron chi connectivity index (χ3n) is 3.87. The number of nitrogens with zero attached hydrogens (tertiary/aromatic N) is 3. The molecular weight excluding hydrogens is 356 g/mol. The maximum absolute atomic E-state index is 12.7. The van der Waals surface area contributed by atoms with Gasteiger partial charge in [0.15, 0.2) is 0 Å². The molecule has 1 aromatic heterocycles. The molecule has 3 rings (SSSR count). The van der Waals surface area contributed by atoms with E-state index in [4.69, 9.17) is 11.6 Å². The molecule has 0 aliphatic carbocycles.